The fourth-order valence-corrected chi connectivity index (χ4v) is 2.93. The van der Waals surface area contributed by atoms with Crippen LogP contribution < -0.4 is 15.4 Å². The number of aromatic nitrogens is 2. The molecule has 0 aliphatic rings. The number of rotatable bonds is 7. The highest BCUT2D eigenvalue weighted by molar-refractivity contribution is 5.93. The van der Waals surface area contributed by atoms with E-state index in [1.807, 2.05) is 56.3 Å². The number of carbonyl (C=O) groups excluding carboxylic acids is 1. The number of nitrogens with zero attached hydrogens (tertiary/aromatic N) is 2. The molecule has 2 N–H and O–H groups in total. The Labute approximate surface area is 165 Å². The number of nitrogens with one attached hydrogen (secondary N) is 2. The number of benzene rings is 2. The van der Waals surface area contributed by atoms with Gasteiger partial charge in [-0.05, 0) is 49.1 Å². The van der Waals surface area contributed by atoms with E-state index < -0.39 is 0 Å². The lowest BCUT2D eigenvalue weighted by atomic mass is 10.1. The number of anilines is 2. The average molecular weight is 376 g/mol. The molecule has 6 heteroatoms. The Balaban J connectivity index is 1.62. The number of carbonyl (C=O) groups is 1. The van der Waals surface area contributed by atoms with Gasteiger partial charge in [-0.25, -0.2) is 9.97 Å². The van der Waals surface area contributed by atoms with E-state index in [0.717, 1.165) is 28.1 Å². The fourth-order valence-electron chi connectivity index (χ4n) is 2.93. The van der Waals surface area contributed by atoms with Crippen molar-refractivity contribution in [1.82, 2.24) is 15.3 Å². The van der Waals surface area contributed by atoms with Gasteiger partial charge >= 0.3 is 0 Å². The van der Waals surface area contributed by atoms with E-state index in [1.54, 1.807) is 13.2 Å². The third kappa shape index (κ3) is 4.85. The van der Waals surface area contributed by atoms with E-state index in [0.29, 0.717) is 24.5 Å². The molecular weight excluding hydrogens is 352 g/mol. The van der Waals surface area contributed by atoms with E-state index in [-0.39, 0.29) is 5.91 Å². The van der Waals surface area contributed by atoms with Gasteiger partial charge in [0.25, 0.3) is 5.91 Å². The molecule has 0 bridgehead atoms. The van der Waals surface area contributed by atoms with Gasteiger partial charge in [0.05, 0.1) is 7.11 Å². The molecule has 0 atom stereocenters. The van der Waals surface area contributed by atoms with Gasteiger partial charge in [0.2, 0.25) is 0 Å². The van der Waals surface area contributed by atoms with Crippen LogP contribution in [0.15, 0.2) is 54.9 Å². The molecule has 144 valence electrons. The van der Waals surface area contributed by atoms with Gasteiger partial charge in [-0.2, -0.15) is 0 Å². The van der Waals surface area contributed by atoms with Gasteiger partial charge in [0.15, 0.2) is 0 Å². The van der Waals surface area contributed by atoms with Crippen LogP contribution in [0.1, 0.15) is 27.2 Å². The number of amides is 1. The predicted octanol–water partition coefficient (Wildman–Crippen LogP) is 3.82. The highest BCUT2D eigenvalue weighted by Gasteiger charge is 2.10. The van der Waals surface area contributed by atoms with Crippen LogP contribution in [-0.2, 0) is 6.42 Å². The van der Waals surface area contributed by atoms with Gasteiger partial charge in [-0.3, -0.25) is 4.79 Å². The summed E-state index contributed by atoms with van der Waals surface area (Å²) in [5.41, 5.74) is 4.64. The summed E-state index contributed by atoms with van der Waals surface area (Å²) in [6.45, 7) is 4.57. The Morgan fingerprint density at radius 2 is 1.79 bits per heavy atom. The van der Waals surface area contributed by atoms with Crippen LogP contribution in [0.3, 0.4) is 0 Å². The van der Waals surface area contributed by atoms with Crippen molar-refractivity contribution in [2.45, 2.75) is 20.3 Å². The molecule has 0 fully saturated rings. The minimum Gasteiger partial charge on any atom is -0.497 e. The Morgan fingerprint density at radius 3 is 2.54 bits per heavy atom. The maximum absolute atomic E-state index is 12.4. The number of ether oxygens (including phenoxy) is 1. The van der Waals surface area contributed by atoms with Crippen LogP contribution in [0.5, 0.6) is 5.75 Å². The van der Waals surface area contributed by atoms with Crippen molar-refractivity contribution >= 4 is 17.4 Å². The molecule has 1 amide bonds. The van der Waals surface area contributed by atoms with Gasteiger partial charge in [-0.1, -0.05) is 30.3 Å². The third-order valence-corrected chi connectivity index (χ3v) is 4.47. The van der Waals surface area contributed by atoms with Crippen molar-refractivity contribution in [3.63, 3.8) is 0 Å². The molecule has 0 saturated heterocycles. The molecule has 2 aromatic carbocycles. The Morgan fingerprint density at radius 1 is 1.04 bits per heavy atom. The Hall–Kier alpha value is -3.41. The quantitative estimate of drug-likeness (QED) is 0.656. The van der Waals surface area contributed by atoms with E-state index >= 15 is 0 Å². The lowest BCUT2D eigenvalue weighted by Gasteiger charge is -2.12. The summed E-state index contributed by atoms with van der Waals surface area (Å²) in [5, 5.41) is 6.19. The van der Waals surface area contributed by atoms with E-state index in [2.05, 4.69) is 20.6 Å². The summed E-state index contributed by atoms with van der Waals surface area (Å²) in [6, 6.07) is 15.5. The zero-order valence-corrected chi connectivity index (χ0v) is 16.3. The molecule has 0 spiro atoms. The van der Waals surface area contributed by atoms with Gasteiger partial charge in [-0.15, -0.1) is 0 Å². The standard InChI is InChI=1S/C22H24N4O2/c1-15-6-4-7-16(2)21(15)26-20-13-19(24-14-25-20)22(27)23-11-10-17-8-5-9-18(12-17)28-3/h4-9,12-14H,10-11H2,1-3H3,(H,23,27)(H,24,25,26). The lowest BCUT2D eigenvalue weighted by Crippen LogP contribution is -2.26. The topological polar surface area (TPSA) is 76.1 Å². The molecule has 0 saturated carbocycles. The molecule has 0 unspecified atom stereocenters. The molecule has 1 aromatic heterocycles. The van der Waals surface area contributed by atoms with Crippen molar-refractivity contribution < 1.29 is 9.53 Å². The van der Waals surface area contributed by atoms with Gasteiger partial charge < -0.3 is 15.4 Å². The highest BCUT2D eigenvalue weighted by Crippen LogP contribution is 2.23. The third-order valence-electron chi connectivity index (χ3n) is 4.47. The van der Waals surface area contributed by atoms with Crippen molar-refractivity contribution in [2.24, 2.45) is 0 Å². The summed E-state index contributed by atoms with van der Waals surface area (Å²) in [7, 11) is 1.64. The molecule has 3 aromatic rings. The number of hydrogen-bond acceptors (Lipinski definition) is 5. The number of hydrogen-bond donors (Lipinski definition) is 2. The maximum Gasteiger partial charge on any atom is 0.270 e. The SMILES string of the molecule is COc1cccc(CCNC(=O)c2cc(Nc3c(C)cccc3C)ncn2)c1. The van der Waals surface area contributed by atoms with Gasteiger partial charge in [0, 0.05) is 18.3 Å². The second-order valence-electron chi connectivity index (χ2n) is 6.54. The fraction of sp³-hybridized carbons (Fsp3) is 0.227. The lowest BCUT2D eigenvalue weighted by molar-refractivity contribution is 0.0949. The number of methoxy groups -OCH3 is 1. The van der Waals surface area contributed by atoms with Crippen LogP contribution in [0.4, 0.5) is 11.5 Å². The first-order valence-electron chi connectivity index (χ1n) is 9.13. The molecule has 0 aliphatic carbocycles. The first-order valence-corrected chi connectivity index (χ1v) is 9.13. The van der Waals surface area contributed by atoms with Crippen LogP contribution in [0.25, 0.3) is 0 Å². The molecule has 0 radical (unpaired) electrons. The first kappa shape index (κ1) is 19.4. The number of aryl methyl sites for hydroxylation is 2. The van der Waals surface area contributed by atoms with Crippen LogP contribution in [0, 0.1) is 13.8 Å². The largest absolute Gasteiger partial charge is 0.497 e. The normalized spacial score (nSPS) is 10.4. The summed E-state index contributed by atoms with van der Waals surface area (Å²) >= 11 is 0. The molecule has 28 heavy (non-hydrogen) atoms. The smallest absolute Gasteiger partial charge is 0.270 e. The zero-order chi connectivity index (χ0) is 19.9. The molecule has 1 heterocycles. The average Bonchev–Trinajstić information content (AvgIpc) is 2.71. The second kappa shape index (κ2) is 8.99. The first-order chi connectivity index (χ1) is 13.6. The van der Waals surface area contributed by atoms with Crippen LogP contribution in [-0.4, -0.2) is 29.5 Å². The van der Waals surface area contributed by atoms with E-state index in [1.165, 1.54) is 6.33 Å². The summed E-state index contributed by atoms with van der Waals surface area (Å²) in [4.78, 5) is 20.8. The highest BCUT2D eigenvalue weighted by atomic mass is 16.5. The predicted molar refractivity (Wildman–Crippen MR) is 110 cm³/mol. The van der Waals surface area contributed by atoms with Crippen molar-refractivity contribution in [2.75, 3.05) is 19.0 Å². The Bertz CT molecular complexity index is 952. The maximum atomic E-state index is 12.4. The van der Waals surface area contributed by atoms with Crippen LogP contribution >= 0.6 is 0 Å². The molecular formula is C22H24N4O2. The minimum absolute atomic E-state index is 0.227. The number of para-hydroxylation sites is 1. The van der Waals surface area contributed by atoms with Gasteiger partial charge in [0.1, 0.15) is 23.6 Å². The zero-order valence-electron chi connectivity index (χ0n) is 16.3. The second-order valence-corrected chi connectivity index (χ2v) is 6.54. The van der Waals surface area contributed by atoms with E-state index in [9.17, 15) is 4.79 Å². The van der Waals surface area contributed by atoms with Crippen molar-refractivity contribution in [1.29, 1.82) is 0 Å². The summed E-state index contributed by atoms with van der Waals surface area (Å²) in [6.07, 6.45) is 2.11. The van der Waals surface area contributed by atoms with Crippen molar-refractivity contribution in [3.8, 4) is 5.75 Å². The monoisotopic (exact) mass is 376 g/mol. The van der Waals surface area contributed by atoms with Crippen LogP contribution in [0.2, 0.25) is 0 Å². The molecule has 3 rings (SSSR count). The molecule has 0 aliphatic heterocycles. The Kier molecular flexibility index (Phi) is 6.22. The summed E-state index contributed by atoms with van der Waals surface area (Å²) < 4.78 is 5.22. The molecule has 6 nitrogen and oxygen atoms in total. The summed E-state index contributed by atoms with van der Waals surface area (Å²) in [5.74, 6) is 1.17. The van der Waals surface area contributed by atoms with E-state index in [4.69, 9.17) is 4.74 Å². The minimum atomic E-state index is -0.227. The van der Waals surface area contributed by atoms with Crippen molar-refractivity contribution in [3.05, 3.63) is 77.2 Å².